The van der Waals surface area contributed by atoms with Crippen LogP contribution < -0.4 is 0 Å². The largest absolute Gasteiger partial charge is 0.394 e. The lowest BCUT2D eigenvalue weighted by Crippen LogP contribution is -2.26. The van der Waals surface area contributed by atoms with E-state index in [0.29, 0.717) is 0 Å². The average Bonchev–Trinajstić information content (AvgIpc) is 2.87. The highest BCUT2D eigenvalue weighted by molar-refractivity contribution is 7.08. The lowest BCUT2D eigenvalue weighted by Gasteiger charge is -2.27. The second-order valence-electron chi connectivity index (χ2n) is 3.82. The number of aliphatic hydroxyl groups is 1. The Bertz CT molecular complexity index is 283. The van der Waals surface area contributed by atoms with Crippen LogP contribution in [0.15, 0.2) is 16.8 Å². The Labute approximate surface area is 88.5 Å². The normalized spacial score (nSPS) is 32.3. The van der Waals surface area contributed by atoms with E-state index in [1.54, 1.807) is 11.3 Å². The molecule has 0 saturated carbocycles. The van der Waals surface area contributed by atoms with Crippen molar-refractivity contribution in [2.45, 2.75) is 37.9 Å². The van der Waals surface area contributed by atoms with Crippen molar-refractivity contribution in [3.05, 3.63) is 22.4 Å². The zero-order chi connectivity index (χ0) is 10.0. The minimum absolute atomic E-state index is 0.0369. The molecule has 2 atom stereocenters. The number of hydrogen-bond donors (Lipinski definition) is 1. The second kappa shape index (κ2) is 4.01. The first-order valence-electron chi connectivity index (χ1n) is 5.12. The van der Waals surface area contributed by atoms with Crippen LogP contribution in [0.1, 0.15) is 31.7 Å². The van der Waals surface area contributed by atoms with Crippen LogP contribution in [0.5, 0.6) is 0 Å². The van der Waals surface area contributed by atoms with E-state index >= 15 is 0 Å². The molecule has 0 radical (unpaired) electrons. The van der Waals surface area contributed by atoms with Crippen molar-refractivity contribution in [1.82, 2.24) is 0 Å². The van der Waals surface area contributed by atoms with Gasteiger partial charge < -0.3 is 9.84 Å². The van der Waals surface area contributed by atoms with Gasteiger partial charge in [-0.2, -0.15) is 11.3 Å². The van der Waals surface area contributed by atoms with Gasteiger partial charge in [0.2, 0.25) is 0 Å². The maximum atomic E-state index is 9.07. The van der Waals surface area contributed by atoms with Crippen LogP contribution in [0.2, 0.25) is 0 Å². The van der Waals surface area contributed by atoms with Crippen molar-refractivity contribution in [3.63, 3.8) is 0 Å². The first-order chi connectivity index (χ1) is 6.80. The van der Waals surface area contributed by atoms with Gasteiger partial charge in [-0.3, -0.25) is 0 Å². The van der Waals surface area contributed by atoms with Gasteiger partial charge in [-0.1, -0.05) is 6.92 Å². The number of thiophene rings is 1. The van der Waals surface area contributed by atoms with E-state index in [9.17, 15) is 0 Å². The van der Waals surface area contributed by atoms with Gasteiger partial charge in [0.05, 0.1) is 18.3 Å². The van der Waals surface area contributed by atoms with Crippen LogP contribution in [0.3, 0.4) is 0 Å². The Morgan fingerprint density at radius 2 is 2.57 bits per heavy atom. The lowest BCUT2D eigenvalue weighted by atomic mass is 9.90. The molecule has 0 amide bonds. The molecule has 3 heteroatoms. The van der Waals surface area contributed by atoms with E-state index in [2.05, 4.69) is 23.8 Å². The van der Waals surface area contributed by atoms with Crippen LogP contribution in [-0.2, 0) is 10.3 Å². The van der Waals surface area contributed by atoms with Crippen LogP contribution >= 0.6 is 11.3 Å². The summed E-state index contributed by atoms with van der Waals surface area (Å²) in [5.41, 5.74) is 1.16. The SMILES string of the molecule is CCC1(c2ccsc2)CCC(CO)O1. The lowest BCUT2D eigenvalue weighted by molar-refractivity contribution is -0.0653. The topological polar surface area (TPSA) is 29.5 Å². The third kappa shape index (κ3) is 1.60. The molecular formula is C11H16O2S. The Morgan fingerprint density at radius 1 is 1.71 bits per heavy atom. The van der Waals surface area contributed by atoms with E-state index in [0.717, 1.165) is 19.3 Å². The maximum absolute atomic E-state index is 9.07. The fourth-order valence-electron chi connectivity index (χ4n) is 2.16. The van der Waals surface area contributed by atoms with Crippen LogP contribution in [0, 0.1) is 0 Å². The molecule has 0 bridgehead atoms. The third-order valence-electron chi connectivity index (χ3n) is 3.08. The summed E-state index contributed by atoms with van der Waals surface area (Å²) >= 11 is 1.71. The second-order valence-corrected chi connectivity index (χ2v) is 4.60. The maximum Gasteiger partial charge on any atom is 0.0942 e. The van der Waals surface area contributed by atoms with Crippen LogP contribution in [0.25, 0.3) is 0 Å². The molecule has 1 saturated heterocycles. The number of hydrogen-bond acceptors (Lipinski definition) is 3. The van der Waals surface area contributed by atoms with Gasteiger partial charge in [0.15, 0.2) is 0 Å². The highest BCUT2D eigenvalue weighted by Crippen LogP contribution is 2.42. The Kier molecular flexibility index (Phi) is 2.91. The van der Waals surface area contributed by atoms with E-state index < -0.39 is 0 Å². The summed E-state index contributed by atoms with van der Waals surface area (Å²) < 4.78 is 5.95. The van der Waals surface area contributed by atoms with Gasteiger partial charge >= 0.3 is 0 Å². The minimum Gasteiger partial charge on any atom is -0.394 e. The molecule has 2 unspecified atom stereocenters. The summed E-state index contributed by atoms with van der Waals surface area (Å²) in [4.78, 5) is 0. The molecule has 1 aromatic heterocycles. The fourth-order valence-corrected chi connectivity index (χ4v) is 2.90. The molecule has 78 valence electrons. The van der Waals surface area contributed by atoms with Crippen molar-refractivity contribution in [2.75, 3.05) is 6.61 Å². The summed E-state index contributed by atoms with van der Waals surface area (Å²) in [7, 11) is 0. The first-order valence-corrected chi connectivity index (χ1v) is 6.06. The smallest absolute Gasteiger partial charge is 0.0942 e. The summed E-state index contributed by atoms with van der Waals surface area (Å²) in [6, 6.07) is 2.13. The molecule has 0 aromatic carbocycles. The van der Waals surface area contributed by atoms with Gasteiger partial charge in [0, 0.05) is 0 Å². The van der Waals surface area contributed by atoms with Gasteiger partial charge in [-0.05, 0) is 41.7 Å². The van der Waals surface area contributed by atoms with Crippen LogP contribution in [-0.4, -0.2) is 17.8 Å². The molecular weight excluding hydrogens is 196 g/mol. The molecule has 1 aromatic rings. The predicted molar refractivity (Wildman–Crippen MR) is 57.5 cm³/mol. The summed E-state index contributed by atoms with van der Waals surface area (Å²) in [5.74, 6) is 0. The van der Waals surface area contributed by atoms with Crippen molar-refractivity contribution < 1.29 is 9.84 Å². The molecule has 1 fully saturated rings. The molecule has 2 rings (SSSR count). The molecule has 14 heavy (non-hydrogen) atoms. The summed E-state index contributed by atoms with van der Waals surface area (Å²) in [6.45, 7) is 2.29. The van der Waals surface area contributed by atoms with Gasteiger partial charge in [0.25, 0.3) is 0 Å². The molecule has 0 aliphatic carbocycles. The Hall–Kier alpha value is -0.380. The van der Waals surface area contributed by atoms with Crippen molar-refractivity contribution >= 4 is 11.3 Å². The zero-order valence-corrected chi connectivity index (χ0v) is 9.22. The zero-order valence-electron chi connectivity index (χ0n) is 8.40. The minimum atomic E-state index is -0.118. The van der Waals surface area contributed by atoms with E-state index in [4.69, 9.17) is 9.84 Å². The number of ether oxygens (including phenoxy) is 1. The Morgan fingerprint density at radius 3 is 3.07 bits per heavy atom. The predicted octanol–water partition coefficient (Wildman–Crippen LogP) is 2.52. The van der Waals surface area contributed by atoms with E-state index in [1.165, 1.54) is 5.56 Å². The summed E-state index contributed by atoms with van der Waals surface area (Å²) in [5, 5.41) is 13.3. The molecule has 0 spiro atoms. The highest BCUT2D eigenvalue weighted by Gasteiger charge is 2.40. The van der Waals surface area contributed by atoms with Gasteiger partial charge in [-0.25, -0.2) is 0 Å². The van der Waals surface area contributed by atoms with Crippen molar-refractivity contribution in [2.24, 2.45) is 0 Å². The average molecular weight is 212 g/mol. The third-order valence-corrected chi connectivity index (χ3v) is 3.77. The van der Waals surface area contributed by atoms with E-state index in [-0.39, 0.29) is 18.3 Å². The highest BCUT2D eigenvalue weighted by atomic mass is 32.1. The number of rotatable bonds is 3. The molecule has 1 aliphatic rings. The quantitative estimate of drug-likeness (QED) is 0.834. The first kappa shape index (κ1) is 10.1. The molecule has 1 aliphatic heterocycles. The standard InChI is InChI=1S/C11H16O2S/c1-2-11(9-4-6-14-8-9)5-3-10(7-12)13-11/h4,6,8,10,12H,2-3,5,7H2,1H3. The molecule has 1 N–H and O–H groups in total. The molecule has 2 nitrogen and oxygen atoms in total. The van der Waals surface area contributed by atoms with Crippen molar-refractivity contribution in [3.8, 4) is 0 Å². The molecule has 2 heterocycles. The van der Waals surface area contributed by atoms with Crippen molar-refractivity contribution in [1.29, 1.82) is 0 Å². The van der Waals surface area contributed by atoms with Gasteiger partial charge in [0.1, 0.15) is 0 Å². The monoisotopic (exact) mass is 212 g/mol. The van der Waals surface area contributed by atoms with Gasteiger partial charge in [-0.15, -0.1) is 0 Å². The number of aliphatic hydroxyl groups excluding tert-OH is 1. The summed E-state index contributed by atoms with van der Waals surface area (Å²) in [6.07, 6.45) is 3.03. The Balaban J connectivity index is 2.20. The van der Waals surface area contributed by atoms with Crippen LogP contribution in [0.4, 0.5) is 0 Å². The fraction of sp³-hybridized carbons (Fsp3) is 0.636. The van der Waals surface area contributed by atoms with E-state index in [1.807, 2.05) is 0 Å².